The molecule has 2 heterocycles. The normalized spacial score (nSPS) is 19.2. The summed E-state index contributed by atoms with van der Waals surface area (Å²) < 4.78 is 0. The minimum atomic E-state index is 0.540. The third kappa shape index (κ3) is 2.54. The third-order valence-electron chi connectivity index (χ3n) is 4.16. The van der Waals surface area contributed by atoms with Crippen LogP contribution in [0.15, 0.2) is 48.7 Å². The lowest BCUT2D eigenvalue weighted by molar-refractivity contribution is 0.317. The number of hydrogen-bond acceptors (Lipinski definition) is 3. The summed E-state index contributed by atoms with van der Waals surface area (Å²) in [7, 11) is 4.25. The molecule has 2 aromatic rings. The van der Waals surface area contributed by atoms with Crippen molar-refractivity contribution in [2.75, 3.05) is 25.5 Å². The van der Waals surface area contributed by atoms with Crippen LogP contribution in [0.25, 0.3) is 0 Å². The SMILES string of the molecule is CN(c1ccccc1)c1ccc(C2CCCN2C)cn1. The summed E-state index contributed by atoms with van der Waals surface area (Å²) >= 11 is 0. The molecule has 3 rings (SSSR count). The first-order valence-corrected chi connectivity index (χ1v) is 7.20. The van der Waals surface area contributed by atoms with Gasteiger partial charge in [-0.25, -0.2) is 4.98 Å². The molecule has 1 saturated heterocycles. The highest BCUT2D eigenvalue weighted by molar-refractivity contribution is 5.58. The lowest BCUT2D eigenvalue weighted by atomic mass is 10.1. The van der Waals surface area contributed by atoms with Crippen LogP contribution >= 0.6 is 0 Å². The molecule has 1 fully saturated rings. The number of anilines is 2. The van der Waals surface area contributed by atoms with E-state index in [2.05, 4.69) is 53.1 Å². The van der Waals surface area contributed by atoms with Gasteiger partial charge in [-0.05, 0) is 50.2 Å². The highest BCUT2D eigenvalue weighted by Gasteiger charge is 2.22. The van der Waals surface area contributed by atoms with E-state index >= 15 is 0 Å². The van der Waals surface area contributed by atoms with E-state index in [4.69, 9.17) is 0 Å². The monoisotopic (exact) mass is 267 g/mol. The molecule has 1 aliphatic heterocycles. The summed E-state index contributed by atoms with van der Waals surface area (Å²) in [6.45, 7) is 1.19. The van der Waals surface area contributed by atoms with Crippen LogP contribution in [0.2, 0.25) is 0 Å². The molecule has 1 aromatic heterocycles. The Bertz CT molecular complexity index is 550. The molecule has 3 heteroatoms. The number of likely N-dealkylation sites (tertiary alicyclic amines) is 1. The standard InChI is InChI=1S/C17H21N3/c1-19-12-6-9-16(19)14-10-11-17(18-13-14)20(2)15-7-4-3-5-8-15/h3-5,7-8,10-11,13,16H,6,9,12H2,1-2H3. The first-order chi connectivity index (χ1) is 9.75. The molecule has 3 nitrogen and oxygen atoms in total. The summed E-state index contributed by atoms with van der Waals surface area (Å²) in [6, 6.07) is 15.2. The van der Waals surface area contributed by atoms with E-state index < -0.39 is 0 Å². The second kappa shape index (κ2) is 5.63. The maximum Gasteiger partial charge on any atom is 0.132 e. The zero-order valence-corrected chi connectivity index (χ0v) is 12.2. The lowest BCUT2D eigenvalue weighted by Gasteiger charge is -2.22. The summed E-state index contributed by atoms with van der Waals surface area (Å²) in [6.07, 6.45) is 4.56. The minimum absolute atomic E-state index is 0.540. The molecule has 0 N–H and O–H groups in total. The number of nitrogens with zero attached hydrogens (tertiary/aromatic N) is 3. The van der Waals surface area contributed by atoms with Gasteiger partial charge in [-0.3, -0.25) is 4.90 Å². The first-order valence-electron chi connectivity index (χ1n) is 7.20. The van der Waals surface area contributed by atoms with Gasteiger partial charge in [0.05, 0.1) is 0 Å². The summed E-state index contributed by atoms with van der Waals surface area (Å²) in [4.78, 5) is 9.16. The van der Waals surface area contributed by atoms with Gasteiger partial charge < -0.3 is 4.90 Å². The summed E-state index contributed by atoms with van der Waals surface area (Å²) in [5.41, 5.74) is 2.49. The van der Waals surface area contributed by atoms with Crippen LogP contribution in [-0.2, 0) is 0 Å². The number of benzene rings is 1. The Morgan fingerprint density at radius 2 is 1.95 bits per heavy atom. The van der Waals surface area contributed by atoms with Crippen LogP contribution in [-0.4, -0.2) is 30.5 Å². The zero-order chi connectivity index (χ0) is 13.9. The molecule has 0 radical (unpaired) electrons. The van der Waals surface area contributed by atoms with E-state index in [0.717, 1.165) is 11.5 Å². The average Bonchev–Trinajstić information content (AvgIpc) is 2.94. The molecule has 1 atom stereocenters. The predicted molar refractivity (Wildman–Crippen MR) is 83.3 cm³/mol. The van der Waals surface area contributed by atoms with Gasteiger partial charge in [-0.1, -0.05) is 24.3 Å². The van der Waals surface area contributed by atoms with E-state index in [-0.39, 0.29) is 0 Å². The smallest absolute Gasteiger partial charge is 0.132 e. The molecule has 0 saturated carbocycles. The molecule has 1 aromatic carbocycles. The minimum Gasteiger partial charge on any atom is -0.329 e. The van der Waals surface area contributed by atoms with Crippen molar-refractivity contribution in [3.8, 4) is 0 Å². The zero-order valence-electron chi connectivity index (χ0n) is 12.2. The number of rotatable bonds is 3. The van der Waals surface area contributed by atoms with Crippen molar-refractivity contribution in [2.45, 2.75) is 18.9 Å². The van der Waals surface area contributed by atoms with E-state index in [1.54, 1.807) is 0 Å². The molecular weight excluding hydrogens is 246 g/mol. The van der Waals surface area contributed by atoms with Crippen molar-refractivity contribution in [2.24, 2.45) is 0 Å². The molecule has 0 bridgehead atoms. The number of para-hydroxylation sites is 1. The van der Waals surface area contributed by atoms with Crippen LogP contribution in [0.5, 0.6) is 0 Å². The van der Waals surface area contributed by atoms with Crippen LogP contribution in [0, 0.1) is 0 Å². The van der Waals surface area contributed by atoms with Crippen LogP contribution in [0.4, 0.5) is 11.5 Å². The van der Waals surface area contributed by atoms with Gasteiger partial charge in [0.1, 0.15) is 5.82 Å². The maximum absolute atomic E-state index is 4.63. The van der Waals surface area contributed by atoms with Gasteiger partial charge in [0, 0.05) is 25.0 Å². The van der Waals surface area contributed by atoms with Crippen molar-refractivity contribution in [1.82, 2.24) is 9.88 Å². The molecular formula is C17H21N3. The lowest BCUT2D eigenvalue weighted by Crippen LogP contribution is -2.18. The largest absolute Gasteiger partial charge is 0.329 e. The molecule has 104 valence electrons. The van der Waals surface area contributed by atoms with Gasteiger partial charge in [-0.2, -0.15) is 0 Å². The highest BCUT2D eigenvalue weighted by atomic mass is 15.2. The highest BCUT2D eigenvalue weighted by Crippen LogP contribution is 2.31. The maximum atomic E-state index is 4.63. The number of aromatic nitrogens is 1. The van der Waals surface area contributed by atoms with Gasteiger partial charge in [-0.15, -0.1) is 0 Å². The predicted octanol–water partition coefficient (Wildman–Crippen LogP) is 3.62. The van der Waals surface area contributed by atoms with E-state index in [0.29, 0.717) is 6.04 Å². The van der Waals surface area contributed by atoms with Crippen LogP contribution in [0.3, 0.4) is 0 Å². The summed E-state index contributed by atoms with van der Waals surface area (Å²) in [5.74, 6) is 0.987. The Hall–Kier alpha value is -1.87. The Labute approximate surface area is 120 Å². The summed E-state index contributed by atoms with van der Waals surface area (Å²) in [5, 5.41) is 0. The van der Waals surface area contributed by atoms with E-state index in [1.807, 2.05) is 24.4 Å². The fourth-order valence-electron chi connectivity index (χ4n) is 2.91. The fourth-order valence-corrected chi connectivity index (χ4v) is 2.91. The topological polar surface area (TPSA) is 19.4 Å². The van der Waals surface area contributed by atoms with Gasteiger partial charge in [0.25, 0.3) is 0 Å². The molecule has 20 heavy (non-hydrogen) atoms. The van der Waals surface area contributed by atoms with Crippen molar-refractivity contribution in [3.05, 3.63) is 54.2 Å². The molecule has 1 aliphatic rings. The third-order valence-corrected chi connectivity index (χ3v) is 4.16. The van der Waals surface area contributed by atoms with Gasteiger partial charge in [0.2, 0.25) is 0 Å². The molecule has 0 aliphatic carbocycles. The first kappa shape index (κ1) is 13.1. The van der Waals surface area contributed by atoms with Crippen molar-refractivity contribution in [1.29, 1.82) is 0 Å². The van der Waals surface area contributed by atoms with Gasteiger partial charge in [0.15, 0.2) is 0 Å². The Balaban J connectivity index is 1.79. The second-order valence-corrected chi connectivity index (χ2v) is 5.48. The molecule has 1 unspecified atom stereocenters. The quantitative estimate of drug-likeness (QED) is 0.846. The Morgan fingerprint density at radius 3 is 2.55 bits per heavy atom. The second-order valence-electron chi connectivity index (χ2n) is 5.48. The molecule has 0 spiro atoms. The fraction of sp³-hybridized carbons (Fsp3) is 0.353. The molecule has 0 amide bonds. The van der Waals surface area contributed by atoms with Crippen molar-refractivity contribution >= 4 is 11.5 Å². The van der Waals surface area contributed by atoms with E-state index in [9.17, 15) is 0 Å². The van der Waals surface area contributed by atoms with Crippen molar-refractivity contribution in [3.63, 3.8) is 0 Å². The van der Waals surface area contributed by atoms with Crippen LogP contribution in [0.1, 0.15) is 24.4 Å². The number of pyridine rings is 1. The Morgan fingerprint density at radius 1 is 1.15 bits per heavy atom. The average molecular weight is 267 g/mol. The van der Waals surface area contributed by atoms with E-state index in [1.165, 1.54) is 24.9 Å². The number of hydrogen-bond donors (Lipinski definition) is 0. The van der Waals surface area contributed by atoms with Gasteiger partial charge >= 0.3 is 0 Å². The van der Waals surface area contributed by atoms with Crippen LogP contribution < -0.4 is 4.90 Å². The van der Waals surface area contributed by atoms with Crippen molar-refractivity contribution < 1.29 is 0 Å². The Kier molecular flexibility index (Phi) is 3.70.